The second-order valence-corrected chi connectivity index (χ2v) is 23.3. The number of carbonyl (C=O) groups excluding carboxylic acids is 4. The molecule has 7 heteroatoms. The summed E-state index contributed by atoms with van der Waals surface area (Å²) in [6.07, 6.45) is 29.7. The fourth-order valence-electron chi connectivity index (χ4n) is 6.24. The van der Waals surface area contributed by atoms with Crippen molar-refractivity contribution in [2.45, 2.75) is 229 Å². The molecule has 0 atom stereocenters. The molecule has 47 heavy (non-hydrogen) atoms. The molecule has 0 amide bonds. The van der Waals surface area contributed by atoms with E-state index in [1.54, 1.807) is 0 Å². The first-order chi connectivity index (χ1) is 22.8. The van der Waals surface area contributed by atoms with Gasteiger partial charge in [0.2, 0.25) is 0 Å². The number of Topliss-reactive ketones (excluding diaryl/α,β-unsaturated/α-hetero) is 2. The van der Waals surface area contributed by atoms with Crippen LogP contribution in [0.5, 0.6) is 0 Å². The van der Waals surface area contributed by atoms with Gasteiger partial charge in [0.05, 0.1) is 0 Å². The first-order valence-corrected chi connectivity index (χ1v) is 26.7. The molecule has 6 nitrogen and oxygen atoms in total. The Morgan fingerprint density at radius 3 is 0.915 bits per heavy atom. The Balaban J connectivity index is 5.39. The van der Waals surface area contributed by atoms with Crippen molar-refractivity contribution in [2.75, 3.05) is 0 Å². The van der Waals surface area contributed by atoms with Crippen LogP contribution in [0.3, 0.4) is 0 Å². The maximum atomic E-state index is 13.2. The van der Waals surface area contributed by atoms with Gasteiger partial charge >= 0.3 is 297 Å². The van der Waals surface area contributed by atoms with Gasteiger partial charge in [0.1, 0.15) is 0 Å². The number of carbonyl (C=O) groups is 4. The first kappa shape index (κ1) is 46.1. The summed E-state index contributed by atoms with van der Waals surface area (Å²) >= 11 is -4.29. The quantitative estimate of drug-likeness (QED) is 0.0358. The van der Waals surface area contributed by atoms with Crippen molar-refractivity contribution in [3.8, 4) is 0 Å². The van der Waals surface area contributed by atoms with Crippen LogP contribution in [0.25, 0.3) is 0 Å². The van der Waals surface area contributed by atoms with Crippen LogP contribution in [0.15, 0.2) is 0 Å². The zero-order valence-electron chi connectivity index (χ0n) is 31.6. The molecule has 0 rings (SSSR count). The predicted octanol–water partition coefficient (Wildman–Crippen LogP) is 12.4. The van der Waals surface area contributed by atoms with Gasteiger partial charge in [-0.05, 0) is 0 Å². The van der Waals surface area contributed by atoms with Crippen LogP contribution in [-0.4, -0.2) is 42.7 Å². The third-order valence-electron chi connectivity index (χ3n) is 9.22. The molecular weight excluding hydrogens is 695 g/mol. The van der Waals surface area contributed by atoms with Crippen molar-refractivity contribution in [3.63, 3.8) is 0 Å². The molecule has 0 bridgehead atoms. The zero-order chi connectivity index (χ0) is 34.9. The summed E-state index contributed by atoms with van der Waals surface area (Å²) < 4.78 is 13.7. The number of unbranched alkanes of at least 4 members (excludes halogenated alkanes) is 22. The van der Waals surface area contributed by atoms with Crippen LogP contribution in [0.1, 0.15) is 220 Å². The van der Waals surface area contributed by atoms with E-state index >= 15 is 0 Å². The molecule has 0 aromatic carbocycles. The predicted molar refractivity (Wildman–Crippen MR) is 199 cm³/mol. The molecule has 0 aromatic heterocycles. The molecule has 0 unspecified atom stereocenters. The molecule has 0 fully saturated rings. The van der Waals surface area contributed by atoms with Crippen LogP contribution in [0.4, 0.5) is 0 Å². The Hall–Kier alpha value is -0.921. The maximum absolute atomic E-state index is 13.2. The van der Waals surface area contributed by atoms with E-state index in [0.29, 0.717) is 21.7 Å². The molecule has 0 aliphatic heterocycles. The second-order valence-electron chi connectivity index (χ2n) is 14.1. The fourth-order valence-corrected chi connectivity index (χ4v) is 15.5. The van der Waals surface area contributed by atoms with Crippen molar-refractivity contribution in [3.05, 3.63) is 0 Å². The number of rotatable bonds is 36. The number of ketones is 2. The second kappa shape index (κ2) is 33.6. The summed E-state index contributed by atoms with van der Waals surface area (Å²) in [4.78, 5) is 51.5. The molecule has 0 saturated heterocycles. The van der Waals surface area contributed by atoms with Crippen molar-refractivity contribution >= 4 is 42.7 Å². The van der Waals surface area contributed by atoms with Gasteiger partial charge < -0.3 is 0 Å². The standard InChI is InChI=1S/2C12H25.2C8H14O3.Sn/c2*1-3-5-7-9-11-12-10-8-6-4-2;2*1-2-3-4-5-7(9)6-8(10)11;/h2*1,3-12H2,2H3;2*2-6H2,1H3,(H,10,11);/q;;;;+2/p-2. The summed E-state index contributed by atoms with van der Waals surface area (Å²) in [5, 5.41) is 0. The van der Waals surface area contributed by atoms with Gasteiger partial charge in [-0.25, -0.2) is 0 Å². The summed E-state index contributed by atoms with van der Waals surface area (Å²) in [5.74, 6) is -1.25. The van der Waals surface area contributed by atoms with Crippen molar-refractivity contribution in [2.24, 2.45) is 0 Å². The van der Waals surface area contributed by atoms with Crippen LogP contribution >= 0.6 is 0 Å². The average molecular weight is 772 g/mol. The van der Waals surface area contributed by atoms with E-state index in [2.05, 4.69) is 27.7 Å². The SMILES string of the molecule is CCCCCCCCCCC[CH2][Sn]([CH2]CCCCCCCCCCC)([O]C(=O)CC(=O)CCCCC)[O]C(=O)CC(=O)CCCCC. The van der Waals surface area contributed by atoms with Gasteiger partial charge in [-0.3, -0.25) is 0 Å². The van der Waals surface area contributed by atoms with E-state index in [1.807, 2.05) is 0 Å². The molecule has 0 radical (unpaired) electrons. The van der Waals surface area contributed by atoms with Crippen LogP contribution < -0.4 is 0 Å². The van der Waals surface area contributed by atoms with Crippen molar-refractivity contribution in [1.82, 2.24) is 0 Å². The minimum absolute atomic E-state index is 0.0982. The van der Waals surface area contributed by atoms with E-state index in [9.17, 15) is 19.2 Å². The average Bonchev–Trinajstić information content (AvgIpc) is 3.03. The Morgan fingerprint density at radius 1 is 0.362 bits per heavy atom. The van der Waals surface area contributed by atoms with Crippen LogP contribution in [0, 0.1) is 0 Å². The van der Waals surface area contributed by atoms with Crippen LogP contribution in [-0.2, 0) is 25.3 Å². The number of hydrogen-bond donors (Lipinski definition) is 0. The third kappa shape index (κ3) is 29.7. The molecule has 0 aliphatic carbocycles. The monoisotopic (exact) mass is 772 g/mol. The Bertz CT molecular complexity index is 719. The molecule has 0 spiro atoms. The topological polar surface area (TPSA) is 86.7 Å². The van der Waals surface area contributed by atoms with E-state index < -0.39 is 31.1 Å². The molecule has 0 heterocycles. The van der Waals surface area contributed by atoms with E-state index in [0.717, 1.165) is 77.0 Å². The van der Waals surface area contributed by atoms with Gasteiger partial charge in [0.15, 0.2) is 0 Å². The molecule has 0 N–H and O–H groups in total. The third-order valence-corrected chi connectivity index (χ3v) is 19.0. The van der Waals surface area contributed by atoms with Gasteiger partial charge in [0, 0.05) is 0 Å². The molecular formula is C40H76O6Sn. The van der Waals surface area contributed by atoms with E-state index in [4.69, 9.17) is 6.15 Å². The van der Waals surface area contributed by atoms with Gasteiger partial charge in [-0.1, -0.05) is 0 Å². The van der Waals surface area contributed by atoms with Crippen molar-refractivity contribution < 1.29 is 25.3 Å². The fraction of sp³-hybridized carbons (Fsp3) is 0.900. The Morgan fingerprint density at radius 2 is 0.617 bits per heavy atom. The summed E-state index contributed by atoms with van der Waals surface area (Å²) in [7, 11) is 0. The van der Waals surface area contributed by atoms with E-state index in [-0.39, 0.29) is 24.4 Å². The summed E-state index contributed by atoms with van der Waals surface area (Å²) in [6.45, 7) is 8.66. The van der Waals surface area contributed by atoms with E-state index in [1.165, 1.54) is 89.9 Å². The Kier molecular flexibility index (Phi) is 32.9. The molecule has 0 aromatic rings. The van der Waals surface area contributed by atoms with Gasteiger partial charge in [-0.2, -0.15) is 0 Å². The molecule has 0 saturated carbocycles. The van der Waals surface area contributed by atoms with Gasteiger partial charge in [0.25, 0.3) is 0 Å². The minimum atomic E-state index is -4.29. The Labute approximate surface area is 296 Å². The first-order valence-electron chi connectivity index (χ1n) is 20.3. The number of hydrogen-bond acceptors (Lipinski definition) is 6. The van der Waals surface area contributed by atoms with Crippen molar-refractivity contribution in [1.29, 1.82) is 0 Å². The summed E-state index contributed by atoms with van der Waals surface area (Å²) in [6, 6.07) is 0. The summed E-state index contributed by atoms with van der Waals surface area (Å²) in [5.41, 5.74) is 0. The molecule has 0 aliphatic rings. The van der Waals surface area contributed by atoms with Crippen LogP contribution in [0.2, 0.25) is 8.87 Å². The normalized spacial score (nSPS) is 11.5. The zero-order valence-corrected chi connectivity index (χ0v) is 34.4. The molecule has 276 valence electrons. The van der Waals surface area contributed by atoms with Gasteiger partial charge in [-0.15, -0.1) is 0 Å².